The predicted molar refractivity (Wildman–Crippen MR) is 63.1 cm³/mol. The standard InChI is InChI=1S/C10H16N4OS/c11-9(15)6-14-7-1-2-12-8(5-7)10-13-3-4-16-10/h3-4,7-8,12,14H,1-2,5-6H2,(H2,11,15). The maximum Gasteiger partial charge on any atom is 0.231 e. The second kappa shape index (κ2) is 5.38. The molecule has 0 saturated carbocycles. The molecular formula is C10H16N4OS. The summed E-state index contributed by atoms with van der Waals surface area (Å²) in [6.07, 6.45) is 3.80. The SMILES string of the molecule is NC(=O)CNC1CCNC(c2nccs2)C1. The quantitative estimate of drug-likeness (QED) is 0.692. The van der Waals surface area contributed by atoms with E-state index in [1.54, 1.807) is 11.3 Å². The molecular weight excluding hydrogens is 224 g/mol. The van der Waals surface area contributed by atoms with E-state index < -0.39 is 0 Å². The average Bonchev–Trinajstić information content (AvgIpc) is 2.80. The Morgan fingerprint density at radius 3 is 3.31 bits per heavy atom. The van der Waals surface area contributed by atoms with Crippen molar-refractivity contribution < 1.29 is 4.79 Å². The lowest BCUT2D eigenvalue weighted by Gasteiger charge is -2.29. The molecule has 1 fully saturated rings. The molecule has 2 unspecified atom stereocenters. The lowest BCUT2D eigenvalue weighted by Crippen LogP contribution is -2.44. The van der Waals surface area contributed by atoms with E-state index in [9.17, 15) is 4.79 Å². The highest BCUT2D eigenvalue weighted by Crippen LogP contribution is 2.24. The van der Waals surface area contributed by atoms with Gasteiger partial charge >= 0.3 is 0 Å². The Bertz CT molecular complexity index is 341. The van der Waals surface area contributed by atoms with Crippen LogP contribution >= 0.6 is 11.3 Å². The zero-order valence-electron chi connectivity index (χ0n) is 8.98. The van der Waals surface area contributed by atoms with Crippen LogP contribution in [0.15, 0.2) is 11.6 Å². The molecule has 1 aromatic rings. The van der Waals surface area contributed by atoms with Crippen molar-refractivity contribution >= 4 is 17.2 Å². The first kappa shape index (κ1) is 11.5. The summed E-state index contributed by atoms with van der Waals surface area (Å²) in [4.78, 5) is 15.0. The van der Waals surface area contributed by atoms with Gasteiger partial charge in [-0.1, -0.05) is 0 Å². The topological polar surface area (TPSA) is 80.0 Å². The molecule has 1 saturated heterocycles. The minimum Gasteiger partial charge on any atom is -0.369 e. The summed E-state index contributed by atoms with van der Waals surface area (Å²) in [7, 11) is 0. The molecule has 1 aliphatic rings. The van der Waals surface area contributed by atoms with Crippen molar-refractivity contribution in [2.45, 2.75) is 24.9 Å². The molecule has 16 heavy (non-hydrogen) atoms. The smallest absolute Gasteiger partial charge is 0.231 e. The molecule has 0 bridgehead atoms. The van der Waals surface area contributed by atoms with E-state index in [0.29, 0.717) is 12.1 Å². The minimum absolute atomic E-state index is 0.259. The van der Waals surface area contributed by atoms with Gasteiger partial charge in [0.2, 0.25) is 5.91 Å². The average molecular weight is 240 g/mol. The van der Waals surface area contributed by atoms with Crippen molar-refractivity contribution in [3.63, 3.8) is 0 Å². The fraction of sp³-hybridized carbons (Fsp3) is 0.600. The molecule has 5 nitrogen and oxygen atoms in total. The van der Waals surface area contributed by atoms with Crippen molar-refractivity contribution in [1.29, 1.82) is 0 Å². The first-order valence-corrected chi connectivity index (χ1v) is 6.28. The van der Waals surface area contributed by atoms with Gasteiger partial charge in [0.15, 0.2) is 0 Å². The number of amides is 1. The number of aromatic nitrogens is 1. The number of nitrogens with one attached hydrogen (secondary N) is 2. The summed E-state index contributed by atoms with van der Waals surface area (Å²) < 4.78 is 0. The van der Waals surface area contributed by atoms with Gasteiger partial charge in [0.05, 0.1) is 12.6 Å². The van der Waals surface area contributed by atoms with Crippen molar-refractivity contribution in [2.24, 2.45) is 5.73 Å². The summed E-state index contributed by atoms with van der Waals surface area (Å²) >= 11 is 1.66. The van der Waals surface area contributed by atoms with Gasteiger partial charge in [0.25, 0.3) is 0 Å². The number of primary amides is 1. The molecule has 2 atom stereocenters. The van der Waals surface area contributed by atoms with Gasteiger partial charge in [-0.25, -0.2) is 4.98 Å². The number of carbonyl (C=O) groups excluding carboxylic acids is 1. The largest absolute Gasteiger partial charge is 0.369 e. The van der Waals surface area contributed by atoms with Gasteiger partial charge in [-0.3, -0.25) is 4.79 Å². The van der Waals surface area contributed by atoms with Crippen LogP contribution in [-0.2, 0) is 4.79 Å². The number of hydrogen-bond donors (Lipinski definition) is 3. The number of nitrogens with zero attached hydrogens (tertiary/aromatic N) is 1. The maximum absolute atomic E-state index is 10.7. The van der Waals surface area contributed by atoms with E-state index in [1.165, 1.54) is 0 Å². The summed E-state index contributed by atoms with van der Waals surface area (Å²) in [6.45, 7) is 1.20. The van der Waals surface area contributed by atoms with E-state index >= 15 is 0 Å². The fourth-order valence-corrected chi connectivity index (χ4v) is 2.67. The molecule has 1 aliphatic heterocycles. The van der Waals surface area contributed by atoms with Gasteiger partial charge in [-0.05, 0) is 19.4 Å². The molecule has 2 rings (SSSR count). The van der Waals surface area contributed by atoms with Gasteiger partial charge in [0.1, 0.15) is 5.01 Å². The first-order chi connectivity index (χ1) is 7.75. The van der Waals surface area contributed by atoms with Crippen LogP contribution < -0.4 is 16.4 Å². The number of thiazole rings is 1. The van der Waals surface area contributed by atoms with Gasteiger partial charge in [-0.2, -0.15) is 0 Å². The summed E-state index contributed by atoms with van der Waals surface area (Å²) in [6, 6.07) is 0.654. The highest BCUT2D eigenvalue weighted by molar-refractivity contribution is 7.09. The number of hydrogen-bond acceptors (Lipinski definition) is 5. The third-order valence-corrected chi connectivity index (χ3v) is 3.61. The first-order valence-electron chi connectivity index (χ1n) is 5.40. The second-order valence-corrected chi connectivity index (χ2v) is 4.87. The van der Waals surface area contributed by atoms with Crippen LogP contribution in [0.1, 0.15) is 23.9 Å². The third-order valence-electron chi connectivity index (χ3n) is 2.72. The summed E-state index contributed by atoms with van der Waals surface area (Å²) in [5.74, 6) is -0.302. The Kier molecular flexibility index (Phi) is 3.87. The monoisotopic (exact) mass is 240 g/mol. The summed E-state index contributed by atoms with van der Waals surface area (Å²) in [5, 5.41) is 9.71. The molecule has 2 heterocycles. The second-order valence-electron chi connectivity index (χ2n) is 3.95. The summed E-state index contributed by atoms with van der Waals surface area (Å²) in [5.41, 5.74) is 5.11. The minimum atomic E-state index is -0.302. The van der Waals surface area contributed by atoms with Crippen molar-refractivity contribution in [3.8, 4) is 0 Å². The van der Waals surface area contributed by atoms with E-state index in [4.69, 9.17) is 5.73 Å². The zero-order chi connectivity index (χ0) is 11.4. The molecule has 88 valence electrons. The molecule has 1 aromatic heterocycles. The lowest BCUT2D eigenvalue weighted by molar-refractivity contribution is -0.117. The highest BCUT2D eigenvalue weighted by atomic mass is 32.1. The number of piperidine rings is 1. The van der Waals surface area contributed by atoms with E-state index in [2.05, 4.69) is 15.6 Å². The van der Waals surface area contributed by atoms with Crippen LogP contribution in [0.5, 0.6) is 0 Å². The Morgan fingerprint density at radius 1 is 1.75 bits per heavy atom. The van der Waals surface area contributed by atoms with Crippen LogP contribution in [-0.4, -0.2) is 30.0 Å². The molecule has 0 aliphatic carbocycles. The van der Waals surface area contributed by atoms with Crippen LogP contribution in [0.25, 0.3) is 0 Å². The maximum atomic E-state index is 10.7. The van der Waals surface area contributed by atoms with Crippen molar-refractivity contribution in [2.75, 3.05) is 13.1 Å². The Labute approximate surface area is 98.4 Å². The van der Waals surface area contributed by atoms with Crippen molar-refractivity contribution in [3.05, 3.63) is 16.6 Å². The Morgan fingerprint density at radius 2 is 2.62 bits per heavy atom. The van der Waals surface area contributed by atoms with Gasteiger partial charge in [-0.15, -0.1) is 11.3 Å². The van der Waals surface area contributed by atoms with Crippen LogP contribution in [0.4, 0.5) is 0 Å². The van der Waals surface area contributed by atoms with Crippen LogP contribution in [0.3, 0.4) is 0 Å². The third kappa shape index (κ3) is 3.01. The van der Waals surface area contributed by atoms with Gasteiger partial charge < -0.3 is 16.4 Å². The van der Waals surface area contributed by atoms with Crippen molar-refractivity contribution in [1.82, 2.24) is 15.6 Å². The number of rotatable bonds is 4. The van der Waals surface area contributed by atoms with Crippen LogP contribution in [0, 0.1) is 0 Å². The Hall–Kier alpha value is -0.980. The van der Waals surface area contributed by atoms with Gasteiger partial charge in [0, 0.05) is 17.6 Å². The number of carbonyl (C=O) groups is 1. The predicted octanol–water partition coefficient (Wildman–Crippen LogP) is 0.0111. The zero-order valence-corrected chi connectivity index (χ0v) is 9.80. The van der Waals surface area contributed by atoms with Crippen LogP contribution in [0.2, 0.25) is 0 Å². The molecule has 0 aromatic carbocycles. The molecule has 1 amide bonds. The molecule has 0 radical (unpaired) electrons. The molecule has 0 spiro atoms. The Balaban J connectivity index is 1.87. The molecule has 6 heteroatoms. The fourth-order valence-electron chi connectivity index (χ4n) is 1.94. The highest BCUT2D eigenvalue weighted by Gasteiger charge is 2.23. The number of nitrogens with two attached hydrogens (primary N) is 1. The van der Waals surface area contributed by atoms with E-state index in [0.717, 1.165) is 24.4 Å². The lowest BCUT2D eigenvalue weighted by atomic mass is 10.00. The molecule has 4 N–H and O–H groups in total. The van der Waals surface area contributed by atoms with E-state index in [-0.39, 0.29) is 12.5 Å². The van der Waals surface area contributed by atoms with E-state index in [1.807, 2.05) is 11.6 Å². The normalized spacial score (nSPS) is 25.5.